The molecule has 7 nitrogen and oxygen atoms in total. The molecule has 3 aromatic heterocycles. The van der Waals surface area contributed by atoms with Gasteiger partial charge in [-0.2, -0.15) is 0 Å². The van der Waals surface area contributed by atoms with E-state index in [0.717, 1.165) is 27.8 Å². The third-order valence-corrected chi connectivity index (χ3v) is 5.55. The van der Waals surface area contributed by atoms with Crippen LogP contribution in [0.15, 0.2) is 65.8 Å². The number of rotatable bonds is 4. The smallest absolute Gasteiger partial charge is 0.266 e. The summed E-state index contributed by atoms with van der Waals surface area (Å²) in [5.74, 6) is 1.32. The van der Waals surface area contributed by atoms with E-state index in [9.17, 15) is 4.79 Å². The Hall–Kier alpha value is -4.00. The number of hydrogen-bond acceptors (Lipinski definition) is 5. The number of aryl methyl sites for hydroxylation is 2. The number of aromatic amines is 1. The van der Waals surface area contributed by atoms with E-state index < -0.39 is 0 Å². The van der Waals surface area contributed by atoms with E-state index in [4.69, 9.17) is 4.98 Å². The fourth-order valence-corrected chi connectivity index (χ4v) is 4.03. The first-order chi connectivity index (χ1) is 15.0. The van der Waals surface area contributed by atoms with Gasteiger partial charge in [-0.25, -0.2) is 15.0 Å². The first-order valence-electron chi connectivity index (χ1n) is 10.2. The maximum absolute atomic E-state index is 13.6. The van der Waals surface area contributed by atoms with Crippen LogP contribution >= 0.6 is 0 Å². The maximum Gasteiger partial charge on any atom is 0.266 e. The molecule has 0 amide bonds. The summed E-state index contributed by atoms with van der Waals surface area (Å²) >= 11 is 0. The maximum atomic E-state index is 13.6. The van der Waals surface area contributed by atoms with Crippen molar-refractivity contribution < 1.29 is 0 Å². The summed E-state index contributed by atoms with van der Waals surface area (Å²) in [6.45, 7) is 5.93. The van der Waals surface area contributed by atoms with Gasteiger partial charge in [0.15, 0.2) is 0 Å². The highest BCUT2D eigenvalue weighted by molar-refractivity contribution is 5.90. The molecule has 0 aliphatic rings. The van der Waals surface area contributed by atoms with Gasteiger partial charge in [-0.1, -0.05) is 30.3 Å². The van der Waals surface area contributed by atoms with Crippen molar-refractivity contribution in [3.05, 3.63) is 88.4 Å². The van der Waals surface area contributed by atoms with Crippen LogP contribution in [0.5, 0.6) is 0 Å². The Bertz CT molecular complexity index is 1470. The number of hydrogen-bond donors (Lipinski definition) is 2. The lowest BCUT2D eigenvalue weighted by Gasteiger charge is -2.21. The molecule has 0 fully saturated rings. The first-order valence-corrected chi connectivity index (χ1v) is 10.2. The van der Waals surface area contributed by atoms with Gasteiger partial charge in [0.25, 0.3) is 5.56 Å². The minimum atomic E-state index is -0.287. The molecule has 5 aromatic rings. The zero-order valence-corrected chi connectivity index (χ0v) is 17.5. The van der Waals surface area contributed by atoms with Gasteiger partial charge >= 0.3 is 0 Å². The summed E-state index contributed by atoms with van der Waals surface area (Å²) in [7, 11) is 0. The second-order valence-electron chi connectivity index (χ2n) is 7.70. The Morgan fingerprint density at radius 3 is 2.58 bits per heavy atom. The van der Waals surface area contributed by atoms with Crippen molar-refractivity contribution in [3.8, 4) is 5.69 Å². The van der Waals surface area contributed by atoms with Crippen molar-refractivity contribution in [2.45, 2.75) is 26.8 Å². The van der Waals surface area contributed by atoms with Crippen LogP contribution in [-0.4, -0.2) is 24.5 Å². The molecule has 0 saturated carbocycles. The number of fused-ring (bicyclic) bond motifs is 2. The second kappa shape index (κ2) is 7.36. The minimum absolute atomic E-state index is 0.0800. The molecule has 0 bridgehead atoms. The van der Waals surface area contributed by atoms with Crippen molar-refractivity contribution in [1.29, 1.82) is 0 Å². The SMILES string of the molecule is Cc1c[nH]c2ncnc(NC(C)c3nc4cccc(C)c4c(=O)n3-c3ccccc3)c12. The van der Waals surface area contributed by atoms with E-state index in [0.29, 0.717) is 22.5 Å². The lowest BCUT2D eigenvalue weighted by molar-refractivity contribution is 0.731. The molecule has 1 unspecified atom stereocenters. The number of benzene rings is 2. The third kappa shape index (κ3) is 3.15. The summed E-state index contributed by atoms with van der Waals surface area (Å²) in [5.41, 5.74) is 4.11. The molecule has 154 valence electrons. The molecule has 0 aliphatic heterocycles. The van der Waals surface area contributed by atoms with E-state index in [1.807, 2.05) is 75.5 Å². The van der Waals surface area contributed by atoms with Crippen LogP contribution in [0.25, 0.3) is 27.6 Å². The molecule has 0 radical (unpaired) electrons. The summed E-state index contributed by atoms with van der Waals surface area (Å²) in [5, 5.41) is 5.01. The molecule has 0 aliphatic carbocycles. The molecule has 0 saturated heterocycles. The second-order valence-corrected chi connectivity index (χ2v) is 7.70. The average molecular weight is 410 g/mol. The number of para-hydroxylation sites is 1. The van der Waals surface area contributed by atoms with Crippen LogP contribution in [0.2, 0.25) is 0 Å². The van der Waals surface area contributed by atoms with E-state index in [-0.39, 0.29) is 11.6 Å². The molecule has 5 rings (SSSR count). The topological polar surface area (TPSA) is 88.5 Å². The zero-order chi connectivity index (χ0) is 21.5. The quantitative estimate of drug-likeness (QED) is 0.457. The highest BCUT2D eigenvalue weighted by atomic mass is 16.1. The predicted molar refractivity (Wildman–Crippen MR) is 123 cm³/mol. The van der Waals surface area contributed by atoms with Crippen molar-refractivity contribution in [2.75, 3.05) is 5.32 Å². The van der Waals surface area contributed by atoms with Gasteiger partial charge in [-0.05, 0) is 50.1 Å². The molecular formula is C24H22N6O. The molecule has 2 aromatic carbocycles. The van der Waals surface area contributed by atoms with Crippen LogP contribution < -0.4 is 10.9 Å². The van der Waals surface area contributed by atoms with E-state index >= 15 is 0 Å². The monoisotopic (exact) mass is 410 g/mol. The fraction of sp³-hybridized carbons (Fsp3) is 0.167. The normalized spacial score (nSPS) is 12.4. The van der Waals surface area contributed by atoms with Crippen LogP contribution in [0.4, 0.5) is 5.82 Å². The number of anilines is 1. The molecule has 2 N–H and O–H groups in total. The molecule has 0 spiro atoms. The van der Waals surface area contributed by atoms with E-state index in [1.54, 1.807) is 4.57 Å². The van der Waals surface area contributed by atoms with Gasteiger partial charge in [0.1, 0.15) is 23.6 Å². The summed E-state index contributed by atoms with van der Waals surface area (Å²) in [6.07, 6.45) is 3.43. The molecule has 3 heterocycles. The van der Waals surface area contributed by atoms with Crippen molar-refractivity contribution in [2.24, 2.45) is 0 Å². The van der Waals surface area contributed by atoms with Gasteiger partial charge in [0.2, 0.25) is 0 Å². The molecule has 1 atom stereocenters. The molecule has 31 heavy (non-hydrogen) atoms. The third-order valence-electron chi connectivity index (χ3n) is 5.55. The lowest BCUT2D eigenvalue weighted by atomic mass is 10.1. The van der Waals surface area contributed by atoms with Gasteiger partial charge < -0.3 is 10.3 Å². The predicted octanol–water partition coefficient (Wildman–Crippen LogP) is 4.45. The number of aromatic nitrogens is 5. The van der Waals surface area contributed by atoms with Gasteiger partial charge in [-0.15, -0.1) is 0 Å². The zero-order valence-electron chi connectivity index (χ0n) is 17.5. The largest absolute Gasteiger partial charge is 0.360 e. The van der Waals surface area contributed by atoms with Gasteiger partial charge in [0, 0.05) is 6.20 Å². The Morgan fingerprint density at radius 1 is 0.968 bits per heavy atom. The minimum Gasteiger partial charge on any atom is -0.360 e. The van der Waals surface area contributed by atoms with Crippen LogP contribution in [0.1, 0.15) is 29.9 Å². The lowest BCUT2D eigenvalue weighted by Crippen LogP contribution is -2.27. The van der Waals surface area contributed by atoms with Gasteiger partial charge in [-0.3, -0.25) is 9.36 Å². The highest BCUT2D eigenvalue weighted by Crippen LogP contribution is 2.27. The average Bonchev–Trinajstić information content (AvgIpc) is 3.16. The molecular weight excluding hydrogens is 388 g/mol. The van der Waals surface area contributed by atoms with Gasteiger partial charge in [0.05, 0.1) is 28.0 Å². The Kier molecular flexibility index (Phi) is 4.51. The number of nitrogens with one attached hydrogen (secondary N) is 2. The number of nitrogens with zero attached hydrogens (tertiary/aromatic N) is 4. The highest BCUT2D eigenvalue weighted by Gasteiger charge is 2.20. The van der Waals surface area contributed by atoms with Crippen LogP contribution in [0, 0.1) is 13.8 Å². The van der Waals surface area contributed by atoms with Crippen molar-refractivity contribution >= 4 is 27.8 Å². The molecule has 7 heteroatoms. The van der Waals surface area contributed by atoms with Crippen molar-refractivity contribution in [3.63, 3.8) is 0 Å². The Balaban J connectivity index is 1.71. The van der Waals surface area contributed by atoms with E-state index in [2.05, 4.69) is 20.3 Å². The summed E-state index contributed by atoms with van der Waals surface area (Å²) in [6, 6.07) is 15.1. The summed E-state index contributed by atoms with van der Waals surface area (Å²) in [4.78, 5) is 30.4. The Labute approximate surface area is 178 Å². The van der Waals surface area contributed by atoms with E-state index in [1.165, 1.54) is 6.33 Å². The summed E-state index contributed by atoms with van der Waals surface area (Å²) < 4.78 is 1.69. The Morgan fingerprint density at radius 2 is 1.77 bits per heavy atom. The van der Waals surface area contributed by atoms with Crippen molar-refractivity contribution in [1.82, 2.24) is 24.5 Å². The van der Waals surface area contributed by atoms with Crippen LogP contribution in [-0.2, 0) is 0 Å². The van der Waals surface area contributed by atoms with Crippen LogP contribution in [0.3, 0.4) is 0 Å². The fourth-order valence-electron chi connectivity index (χ4n) is 4.03. The standard InChI is InChI=1S/C24H22N6O/c1-14-8-7-11-18-19(14)24(31)30(17-9-5-4-6-10-17)23(29-18)16(3)28-22-20-15(2)12-25-21(20)26-13-27-22/h4-13,16H,1-3H3,(H2,25,26,27,28). The first kappa shape index (κ1) is 19.0. The number of H-pyrrole nitrogens is 1.